The molecule has 0 saturated heterocycles. The first-order valence-electron chi connectivity index (χ1n) is 4.00. The van der Waals surface area contributed by atoms with Crippen LogP contribution in [-0.4, -0.2) is 0 Å². The van der Waals surface area contributed by atoms with Gasteiger partial charge in [-0.25, -0.2) is 0 Å². The van der Waals surface area contributed by atoms with Gasteiger partial charge in [0.1, 0.15) is 0 Å². The predicted octanol–water partition coefficient (Wildman–Crippen LogP) is 3.28. The van der Waals surface area contributed by atoms with Crippen LogP contribution in [0.15, 0.2) is 0 Å². The van der Waals surface area contributed by atoms with Crippen LogP contribution in [-0.2, 0) is 0 Å². The van der Waals surface area contributed by atoms with Gasteiger partial charge < -0.3 is 0 Å². The van der Waals surface area contributed by atoms with E-state index in [1.807, 2.05) is 0 Å². The molecule has 0 heteroatoms. The van der Waals surface area contributed by atoms with Gasteiger partial charge in [-0.3, -0.25) is 0 Å². The molecule has 0 fully saturated rings. The zero-order valence-corrected chi connectivity index (χ0v) is 7.15. The highest BCUT2D eigenvalue weighted by Gasteiger charge is 2.02. The molecule has 0 aliphatic carbocycles. The standard InChI is InChI=1S/C9H19/c1-5-6-9(4)7-8(2)3/h6,8-9H,5,7H2,1-4H3. The van der Waals surface area contributed by atoms with E-state index in [0.717, 1.165) is 11.8 Å². The van der Waals surface area contributed by atoms with E-state index in [1.54, 1.807) is 0 Å². The van der Waals surface area contributed by atoms with E-state index in [-0.39, 0.29) is 0 Å². The Bertz CT molecular complexity index is 55.1. The normalized spacial score (nSPS) is 14.3. The Labute approximate surface area is 59.7 Å². The van der Waals surface area contributed by atoms with Crippen molar-refractivity contribution in [1.82, 2.24) is 0 Å². The van der Waals surface area contributed by atoms with Crippen LogP contribution in [0.25, 0.3) is 0 Å². The molecule has 0 nitrogen and oxygen atoms in total. The monoisotopic (exact) mass is 127 g/mol. The smallest absolute Gasteiger partial charge is 0.0360 e. The summed E-state index contributed by atoms with van der Waals surface area (Å²) in [6.45, 7) is 9.06. The first kappa shape index (κ1) is 9.00. The molecule has 0 aromatic heterocycles. The van der Waals surface area contributed by atoms with Crippen molar-refractivity contribution in [2.75, 3.05) is 0 Å². The van der Waals surface area contributed by atoms with Crippen molar-refractivity contribution in [2.24, 2.45) is 11.8 Å². The Hall–Kier alpha value is 0. The van der Waals surface area contributed by atoms with Gasteiger partial charge in [-0.05, 0) is 24.7 Å². The zero-order chi connectivity index (χ0) is 7.28. The molecule has 0 heterocycles. The Morgan fingerprint density at radius 2 is 1.78 bits per heavy atom. The quantitative estimate of drug-likeness (QED) is 0.543. The molecule has 0 rings (SSSR count). The molecule has 0 amide bonds. The van der Waals surface area contributed by atoms with Gasteiger partial charge in [0.05, 0.1) is 0 Å². The lowest BCUT2D eigenvalue weighted by Gasteiger charge is -2.11. The minimum absolute atomic E-state index is 0.815. The first-order valence-corrected chi connectivity index (χ1v) is 4.00. The molecule has 0 spiro atoms. The third-order valence-corrected chi connectivity index (χ3v) is 1.48. The molecule has 1 radical (unpaired) electrons. The maximum atomic E-state index is 2.39. The summed E-state index contributed by atoms with van der Waals surface area (Å²) in [7, 11) is 0. The molecule has 0 bridgehead atoms. The third-order valence-electron chi connectivity index (χ3n) is 1.48. The van der Waals surface area contributed by atoms with E-state index >= 15 is 0 Å². The van der Waals surface area contributed by atoms with Gasteiger partial charge in [0.15, 0.2) is 0 Å². The largest absolute Gasteiger partial charge is 0.0651 e. The molecule has 0 aliphatic rings. The van der Waals surface area contributed by atoms with Crippen molar-refractivity contribution < 1.29 is 0 Å². The minimum atomic E-state index is 0.815. The van der Waals surface area contributed by atoms with Crippen LogP contribution in [0.1, 0.15) is 40.5 Å². The van der Waals surface area contributed by atoms with Crippen molar-refractivity contribution in [1.29, 1.82) is 0 Å². The highest BCUT2D eigenvalue weighted by Crippen LogP contribution is 2.14. The number of rotatable bonds is 4. The Balaban J connectivity index is 3.15. The molecule has 0 saturated carbocycles. The summed E-state index contributed by atoms with van der Waals surface area (Å²) in [5.41, 5.74) is 0. The van der Waals surface area contributed by atoms with E-state index in [2.05, 4.69) is 34.1 Å². The average molecular weight is 127 g/mol. The van der Waals surface area contributed by atoms with Gasteiger partial charge in [0.25, 0.3) is 0 Å². The Morgan fingerprint density at radius 1 is 1.22 bits per heavy atom. The second-order valence-corrected chi connectivity index (χ2v) is 3.25. The molecular weight excluding hydrogens is 108 g/mol. The molecule has 9 heavy (non-hydrogen) atoms. The zero-order valence-electron chi connectivity index (χ0n) is 7.15. The summed E-state index contributed by atoms with van der Waals surface area (Å²) < 4.78 is 0. The van der Waals surface area contributed by atoms with Crippen LogP contribution in [0.5, 0.6) is 0 Å². The van der Waals surface area contributed by atoms with Gasteiger partial charge in [0, 0.05) is 0 Å². The van der Waals surface area contributed by atoms with E-state index < -0.39 is 0 Å². The molecular formula is C9H19. The molecule has 1 unspecified atom stereocenters. The van der Waals surface area contributed by atoms with E-state index in [4.69, 9.17) is 0 Å². The lowest BCUT2D eigenvalue weighted by Crippen LogP contribution is -1.99. The van der Waals surface area contributed by atoms with Crippen LogP contribution in [0, 0.1) is 18.3 Å². The first-order chi connectivity index (χ1) is 4.16. The van der Waals surface area contributed by atoms with E-state index in [0.29, 0.717) is 0 Å². The topological polar surface area (TPSA) is 0 Å². The fourth-order valence-corrected chi connectivity index (χ4v) is 1.24. The van der Waals surface area contributed by atoms with Crippen LogP contribution in [0.3, 0.4) is 0 Å². The van der Waals surface area contributed by atoms with Gasteiger partial charge in [-0.1, -0.05) is 34.1 Å². The molecule has 55 valence electrons. The van der Waals surface area contributed by atoms with Gasteiger partial charge >= 0.3 is 0 Å². The maximum absolute atomic E-state index is 2.39. The van der Waals surface area contributed by atoms with Crippen molar-refractivity contribution in [3.8, 4) is 0 Å². The van der Waals surface area contributed by atoms with Gasteiger partial charge in [-0.15, -0.1) is 0 Å². The number of hydrogen-bond donors (Lipinski definition) is 0. The molecule has 0 aliphatic heterocycles. The predicted molar refractivity (Wildman–Crippen MR) is 43.2 cm³/mol. The fourth-order valence-electron chi connectivity index (χ4n) is 1.24. The third kappa shape index (κ3) is 5.88. The summed E-state index contributed by atoms with van der Waals surface area (Å²) >= 11 is 0. The van der Waals surface area contributed by atoms with E-state index in [1.165, 1.54) is 12.8 Å². The average Bonchev–Trinajstić information content (AvgIpc) is 1.63. The molecule has 1 atom stereocenters. The second-order valence-electron chi connectivity index (χ2n) is 3.25. The summed E-state index contributed by atoms with van der Waals surface area (Å²) in [5.74, 6) is 1.66. The van der Waals surface area contributed by atoms with Gasteiger partial charge in [-0.2, -0.15) is 0 Å². The fraction of sp³-hybridized carbons (Fsp3) is 0.889. The Morgan fingerprint density at radius 3 is 2.11 bits per heavy atom. The maximum Gasteiger partial charge on any atom is -0.0360 e. The highest BCUT2D eigenvalue weighted by atomic mass is 14.1. The van der Waals surface area contributed by atoms with Crippen LogP contribution >= 0.6 is 0 Å². The Kier molecular flexibility index (Phi) is 4.84. The van der Waals surface area contributed by atoms with Crippen molar-refractivity contribution in [3.05, 3.63) is 6.42 Å². The van der Waals surface area contributed by atoms with Crippen LogP contribution < -0.4 is 0 Å². The summed E-state index contributed by atoms with van der Waals surface area (Å²) in [5, 5.41) is 0. The molecule has 0 aromatic carbocycles. The molecule has 0 N–H and O–H groups in total. The van der Waals surface area contributed by atoms with Crippen molar-refractivity contribution in [3.63, 3.8) is 0 Å². The lowest BCUT2D eigenvalue weighted by atomic mass is 9.95. The summed E-state index contributed by atoms with van der Waals surface area (Å²) in [6, 6.07) is 0. The summed E-state index contributed by atoms with van der Waals surface area (Å²) in [6.07, 6.45) is 4.95. The highest BCUT2D eigenvalue weighted by molar-refractivity contribution is 4.71. The lowest BCUT2D eigenvalue weighted by molar-refractivity contribution is 0.474. The minimum Gasteiger partial charge on any atom is -0.0651 e. The second kappa shape index (κ2) is 4.84. The van der Waals surface area contributed by atoms with Crippen molar-refractivity contribution >= 4 is 0 Å². The van der Waals surface area contributed by atoms with Crippen molar-refractivity contribution in [2.45, 2.75) is 40.5 Å². The van der Waals surface area contributed by atoms with Gasteiger partial charge in [0.2, 0.25) is 0 Å². The van der Waals surface area contributed by atoms with Crippen LogP contribution in [0.4, 0.5) is 0 Å². The number of hydrogen-bond acceptors (Lipinski definition) is 0. The van der Waals surface area contributed by atoms with E-state index in [9.17, 15) is 0 Å². The molecule has 0 aromatic rings. The SMILES string of the molecule is CC[CH]C(C)CC(C)C. The van der Waals surface area contributed by atoms with Crippen LogP contribution in [0.2, 0.25) is 0 Å². The summed E-state index contributed by atoms with van der Waals surface area (Å²) in [4.78, 5) is 0.